The molecule has 3 nitrogen and oxygen atoms in total. The van der Waals surface area contributed by atoms with Crippen LogP contribution >= 0.6 is 0 Å². The maximum absolute atomic E-state index is 12.2. The molecular weight excluding hydrogens is 272 g/mol. The van der Waals surface area contributed by atoms with Crippen molar-refractivity contribution in [3.05, 3.63) is 35.5 Å². The number of pyridine rings is 1. The van der Waals surface area contributed by atoms with Gasteiger partial charge in [0.15, 0.2) is 0 Å². The summed E-state index contributed by atoms with van der Waals surface area (Å²) in [5.74, 6) is 0.101. The average molecular weight is 296 g/mol. The van der Waals surface area contributed by atoms with Gasteiger partial charge in [0.1, 0.15) is 0 Å². The van der Waals surface area contributed by atoms with Gasteiger partial charge in [0.05, 0.1) is 11.2 Å². The predicted molar refractivity (Wildman–Crippen MR) is 91.1 cm³/mol. The third-order valence-corrected chi connectivity index (χ3v) is 4.51. The molecule has 1 heterocycles. The summed E-state index contributed by atoms with van der Waals surface area (Å²) in [4.78, 5) is 17.0. The molecule has 1 aromatic heterocycles. The SMILES string of the molecule is CCCC(=O)Nc1c2c(nc3ccccc13)CCC(C)(C)C2. The van der Waals surface area contributed by atoms with Crippen LogP contribution in [0.15, 0.2) is 24.3 Å². The topological polar surface area (TPSA) is 42.0 Å². The first-order valence-corrected chi connectivity index (χ1v) is 8.20. The predicted octanol–water partition coefficient (Wildman–Crippen LogP) is 4.49. The van der Waals surface area contributed by atoms with Gasteiger partial charge in [0, 0.05) is 17.5 Å². The number of nitrogens with one attached hydrogen (secondary N) is 1. The minimum atomic E-state index is 0.101. The Hall–Kier alpha value is -1.90. The first kappa shape index (κ1) is 15.0. The Bertz CT molecular complexity index is 719. The van der Waals surface area contributed by atoms with Crippen LogP contribution in [0.25, 0.3) is 10.9 Å². The van der Waals surface area contributed by atoms with Crippen molar-refractivity contribution in [2.75, 3.05) is 5.32 Å². The average Bonchev–Trinajstić information content (AvgIpc) is 2.47. The van der Waals surface area contributed by atoms with Gasteiger partial charge >= 0.3 is 0 Å². The van der Waals surface area contributed by atoms with E-state index < -0.39 is 0 Å². The summed E-state index contributed by atoms with van der Waals surface area (Å²) in [5, 5.41) is 4.23. The Kier molecular flexibility index (Phi) is 3.90. The van der Waals surface area contributed by atoms with E-state index in [0.29, 0.717) is 6.42 Å². The fourth-order valence-electron chi connectivity index (χ4n) is 3.29. The molecule has 0 saturated heterocycles. The summed E-state index contributed by atoms with van der Waals surface area (Å²) in [6.45, 7) is 6.62. The molecule has 0 atom stereocenters. The Morgan fingerprint density at radius 3 is 2.86 bits per heavy atom. The van der Waals surface area contributed by atoms with Crippen molar-refractivity contribution in [2.45, 2.75) is 52.9 Å². The second-order valence-electron chi connectivity index (χ2n) is 7.07. The summed E-state index contributed by atoms with van der Waals surface area (Å²) < 4.78 is 0. The quantitative estimate of drug-likeness (QED) is 0.906. The number of carbonyl (C=O) groups is 1. The van der Waals surface area contributed by atoms with E-state index in [1.807, 2.05) is 25.1 Å². The largest absolute Gasteiger partial charge is 0.325 e. The zero-order chi connectivity index (χ0) is 15.7. The van der Waals surface area contributed by atoms with E-state index in [4.69, 9.17) is 4.98 Å². The second-order valence-corrected chi connectivity index (χ2v) is 7.07. The van der Waals surface area contributed by atoms with E-state index in [0.717, 1.165) is 48.0 Å². The van der Waals surface area contributed by atoms with Gasteiger partial charge in [-0.3, -0.25) is 9.78 Å². The van der Waals surface area contributed by atoms with Gasteiger partial charge in [-0.2, -0.15) is 0 Å². The van der Waals surface area contributed by atoms with E-state index in [1.165, 1.54) is 5.56 Å². The number of fused-ring (bicyclic) bond motifs is 2. The second kappa shape index (κ2) is 5.71. The molecule has 0 bridgehead atoms. The Balaban J connectivity index is 2.15. The molecule has 1 aliphatic carbocycles. The highest BCUT2D eigenvalue weighted by Gasteiger charge is 2.29. The Morgan fingerprint density at radius 1 is 1.32 bits per heavy atom. The Morgan fingerprint density at radius 2 is 2.09 bits per heavy atom. The standard InChI is InChI=1S/C19H24N2O/c1-4-7-17(22)21-18-13-8-5-6-9-15(13)20-16-10-11-19(2,3)12-14(16)18/h5-6,8-9H,4,7,10-12H2,1-3H3,(H,20,21,22). The molecule has 1 aliphatic rings. The highest BCUT2D eigenvalue weighted by Crippen LogP contribution is 2.40. The van der Waals surface area contributed by atoms with Gasteiger partial charge in [-0.15, -0.1) is 0 Å². The van der Waals surface area contributed by atoms with Crippen LogP contribution in [0.4, 0.5) is 5.69 Å². The zero-order valence-electron chi connectivity index (χ0n) is 13.7. The summed E-state index contributed by atoms with van der Waals surface area (Å²) in [7, 11) is 0. The van der Waals surface area contributed by atoms with Crippen molar-refractivity contribution in [3.63, 3.8) is 0 Å². The summed E-state index contributed by atoms with van der Waals surface area (Å²) in [6.07, 6.45) is 4.54. The van der Waals surface area contributed by atoms with Crippen molar-refractivity contribution in [1.29, 1.82) is 0 Å². The van der Waals surface area contributed by atoms with Crippen LogP contribution < -0.4 is 5.32 Å². The van der Waals surface area contributed by atoms with Crippen LogP contribution in [0.5, 0.6) is 0 Å². The normalized spacial score (nSPS) is 16.3. The van der Waals surface area contributed by atoms with Crippen LogP contribution in [0.1, 0.15) is 51.3 Å². The van der Waals surface area contributed by atoms with E-state index in [1.54, 1.807) is 0 Å². The number of benzene rings is 1. The molecule has 0 aliphatic heterocycles. The number of aryl methyl sites for hydroxylation is 1. The van der Waals surface area contributed by atoms with Crippen molar-refractivity contribution in [2.24, 2.45) is 5.41 Å². The van der Waals surface area contributed by atoms with Crippen molar-refractivity contribution in [3.8, 4) is 0 Å². The number of hydrogen-bond donors (Lipinski definition) is 1. The van der Waals surface area contributed by atoms with Crippen LogP contribution in [0.2, 0.25) is 0 Å². The molecular formula is C19H24N2O. The molecule has 0 saturated carbocycles. The number of anilines is 1. The maximum atomic E-state index is 12.2. The van der Waals surface area contributed by atoms with Gasteiger partial charge in [-0.05, 0) is 42.7 Å². The first-order valence-electron chi connectivity index (χ1n) is 8.20. The lowest BCUT2D eigenvalue weighted by molar-refractivity contribution is -0.116. The van der Waals surface area contributed by atoms with Crippen LogP contribution in [0.3, 0.4) is 0 Å². The highest BCUT2D eigenvalue weighted by molar-refractivity contribution is 6.02. The van der Waals surface area contributed by atoms with E-state index in [2.05, 4.69) is 25.2 Å². The van der Waals surface area contributed by atoms with Crippen LogP contribution in [-0.2, 0) is 17.6 Å². The van der Waals surface area contributed by atoms with Crippen LogP contribution in [-0.4, -0.2) is 10.9 Å². The lowest BCUT2D eigenvalue weighted by Crippen LogP contribution is -2.25. The molecule has 0 fully saturated rings. The minimum Gasteiger partial charge on any atom is -0.325 e. The number of hydrogen-bond acceptors (Lipinski definition) is 2. The lowest BCUT2D eigenvalue weighted by atomic mass is 9.75. The number of rotatable bonds is 3. The number of amides is 1. The van der Waals surface area contributed by atoms with Gasteiger partial charge in [-0.25, -0.2) is 0 Å². The van der Waals surface area contributed by atoms with Gasteiger partial charge in [-0.1, -0.05) is 39.0 Å². The number of nitrogens with zero attached hydrogens (tertiary/aromatic N) is 1. The summed E-state index contributed by atoms with van der Waals surface area (Å²) in [5.41, 5.74) is 4.63. The monoisotopic (exact) mass is 296 g/mol. The van der Waals surface area contributed by atoms with Gasteiger partial charge < -0.3 is 5.32 Å². The molecule has 22 heavy (non-hydrogen) atoms. The van der Waals surface area contributed by atoms with E-state index >= 15 is 0 Å². The fourth-order valence-corrected chi connectivity index (χ4v) is 3.29. The summed E-state index contributed by atoms with van der Waals surface area (Å²) in [6, 6.07) is 8.11. The molecule has 3 rings (SSSR count). The highest BCUT2D eigenvalue weighted by atomic mass is 16.1. The van der Waals surface area contributed by atoms with Crippen LogP contribution in [0, 0.1) is 5.41 Å². The molecule has 1 aromatic carbocycles. The molecule has 0 unspecified atom stereocenters. The lowest BCUT2D eigenvalue weighted by Gasteiger charge is -2.32. The molecule has 3 heteroatoms. The minimum absolute atomic E-state index is 0.101. The van der Waals surface area contributed by atoms with Gasteiger partial charge in [0.25, 0.3) is 0 Å². The molecule has 1 N–H and O–H groups in total. The smallest absolute Gasteiger partial charge is 0.224 e. The maximum Gasteiger partial charge on any atom is 0.224 e. The number of aromatic nitrogens is 1. The molecule has 0 spiro atoms. The van der Waals surface area contributed by atoms with Crippen molar-refractivity contribution < 1.29 is 4.79 Å². The van der Waals surface area contributed by atoms with Crippen molar-refractivity contribution >= 4 is 22.5 Å². The molecule has 1 amide bonds. The van der Waals surface area contributed by atoms with Crippen molar-refractivity contribution in [1.82, 2.24) is 4.98 Å². The number of carbonyl (C=O) groups excluding carboxylic acids is 1. The fraction of sp³-hybridized carbons (Fsp3) is 0.474. The first-order chi connectivity index (χ1) is 10.5. The Labute approximate surface area is 132 Å². The summed E-state index contributed by atoms with van der Waals surface area (Å²) >= 11 is 0. The number of para-hydroxylation sites is 1. The van der Waals surface area contributed by atoms with E-state index in [9.17, 15) is 4.79 Å². The third-order valence-electron chi connectivity index (χ3n) is 4.51. The van der Waals surface area contributed by atoms with E-state index in [-0.39, 0.29) is 11.3 Å². The third kappa shape index (κ3) is 2.85. The molecule has 2 aromatic rings. The zero-order valence-corrected chi connectivity index (χ0v) is 13.7. The van der Waals surface area contributed by atoms with Gasteiger partial charge in [0.2, 0.25) is 5.91 Å². The molecule has 116 valence electrons. The molecule has 0 radical (unpaired) electrons.